The lowest BCUT2D eigenvalue weighted by atomic mass is 9.85. The van der Waals surface area contributed by atoms with Gasteiger partial charge in [0.2, 0.25) is 0 Å². The van der Waals surface area contributed by atoms with Crippen LogP contribution in [0.5, 0.6) is 0 Å². The molecule has 3 heteroatoms. The van der Waals surface area contributed by atoms with Crippen molar-refractivity contribution in [3.05, 3.63) is 35.9 Å². The van der Waals surface area contributed by atoms with Gasteiger partial charge in [0.1, 0.15) is 0 Å². The Morgan fingerprint density at radius 1 is 1.21 bits per heavy atom. The molecule has 0 amide bonds. The standard InChI is InChI=1S/C16H24N2O/c1-15(2,10-7-11-17)12-18-16(3,13-19)14-8-5-4-6-9-14/h4-6,8-9,18-19H,7,10,12-13H2,1-3H3. The van der Waals surface area contributed by atoms with Gasteiger partial charge in [-0.3, -0.25) is 0 Å². The van der Waals surface area contributed by atoms with Gasteiger partial charge in [-0.1, -0.05) is 44.2 Å². The van der Waals surface area contributed by atoms with Crippen molar-refractivity contribution in [2.45, 2.75) is 39.2 Å². The fourth-order valence-corrected chi connectivity index (χ4v) is 1.97. The maximum absolute atomic E-state index is 9.70. The van der Waals surface area contributed by atoms with Crippen molar-refractivity contribution in [3.63, 3.8) is 0 Å². The van der Waals surface area contributed by atoms with Gasteiger partial charge in [0.05, 0.1) is 18.2 Å². The second-order valence-corrected chi connectivity index (χ2v) is 6.03. The number of aliphatic hydroxyl groups is 1. The second-order valence-electron chi connectivity index (χ2n) is 6.03. The van der Waals surface area contributed by atoms with Crippen LogP contribution in [-0.4, -0.2) is 18.3 Å². The van der Waals surface area contributed by atoms with Crippen molar-refractivity contribution in [1.82, 2.24) is 5.32 Å². The average molecular weight is 260 g/mol. The van der Waals surface area contributed by atoms with Crippen LogP contribution in [0.15, 0.2) is 30.3 Å². The average Bonchev–Trinajstić information content (AvgIpc) is 2.44. The van der Waals surface area contributed by atoms with Gasteiger partial charge < -0.3 is 10.4 Å². The Balaban J connectivity index is 2.70. The van der Waals surface area contributed by atoms with E-state index >= 15 is 0 Å². The van der Waals surface area contributed by atoms with E-state index in [-0.39, 0.29) is 12.0 Å². The Labute approximate surface area is 116 Å². The highest BCUT2D eigenvalue weighted by atomic mass is 16.3. The lowest BCUT2D eigenvalue weighted by molar-refractivity contribution is 0.155. The molecule has 0 saturated heterocycles. The Morgan fingerprint density at radius 2 is 1.84 bits per heavy atom. The number of hydrogen-bond donors (Lipinski definition) is 2. The Hall–Kier alpha value is -1.37. The van der Waals surface area contributed by atoms with E-state index in [0.717, 1.165) is 18.5 Å². The van der Waals surface area contributed by atoms with Crippen LogP contribution in [0.4, 0.5) is 0 Å². The molecule has 0 heterocycles. The quantitative estimate of drug-likeness (QED) is 0.792. The molecule has 0 aromatic heterocycles. The molecule has 1 aromatic rings. The topological polar surface area (TPSA) is 56.0 Å². The minimum atomic E-state index is -0.439. The van der Waals surface area contributed by atoms with Crippen molar-refractivity contribution >= 4 is 0 Å². The summed E-state index contributed by atoms with van der Waals surface area (Å²) < 4.78 is 0. The smallest absolute Gasteiger partial charge is 0.0652 e. The normalized spacial score (nSPS) is 14.7. The van der Waals surface area contributed by atoms with Gasteiger partial charge in [-0.15, -0.1) is 0 Å². The first-order valence-corrected chi connectivity index (χ1v) is 6.72. The summed E-state index contributed by atoms with van der Waals surface area (Å²) in [4.78, 5) is 0. The first-order valence-electron chi connectivity index (χ1n) is 6.72. The van der Waals surface area contributed by atoms with Crippen molar-refractivity contribution in [1.29, 1.82) is 5.26 Å². The van der Waals surface area contributed by atoms with Gasteiger partial charge >= 0.3 is 0 Å². The minimum absolute atomic E-state index is 0.0426. The van der Waals surface area contributed by atoms with Gasteiger partial charge in [0, 0.05) is 13.0 Å². The molecule has 1 rings (SSSR count). The summed E-state index contributed by atoms with van der Waals surface area (Å²) in [5.74, 6) is 0. The van der Waals surface area contributed by atoms with E-state index in [9.17, 15) is 5.11 Å². The molecule has 0 spiro atoms. The summed E-state index contributed by atoms with van der Waals surface area (Å²) in [6.45, 7) is 7.09. The first-order chi connectivity index (χ1) is 8.93. The summed E-state index contributed by atoms with van der Waals surface area (Å²) in [5, 5.41) is 21.8. The number of nitrogens with one attached hydrogen (secondary N) is 1. The van der Waals surface area contributed by atoms with Crippen molar-refractivity contribution < 1.29 is 5.11 Å². The number of nitriles is 1. The number of rotatable bonds is 7. The molecule has 0 saturated carbocycles. The van der Waals surface area contributed by atoms with E-state index in [0.29, 0.717) is 6.42 Å². The summed E-state index contributed by atoms with van der Waals surface area (Å²) in [7, 11) is 0. The Morgan fingerprint density at radius 3 is 2.37 bits per heavy atom. The largest absolute Gasteiger partial charge is 0.394 e. The van der Waals surface area contributed by atoms with Gasteiger partial charge in [-0.2, -0.15) is 5.26 Å². The summed E-state index contributed by atoms with van der Waals surface area (Å²) in [6, 6.07) is 12.2. The Kier molecular flexibility index (Phi) is 5.53. The summed E-state index contributed by atoms with van der Waals surface area (Å²) in [5.41, 5.74) is 0.681. The van der Waals surface area contributed by atoms with Crippen LogP contribution in [0, 0.1) is 16.7 Å². The first kappa shape index (κ1) is 15.7. The van der Waals surface area contributed by atoms with Gasteiger partial charge in [0.15, 0.2) is 0 Å². The number of nitrogens with zero attached hydrogens (tertiary/aromatic N) is 1. The molecule has 0 aliphatic heterocycles. The molecule has 0 bridgehead atoms. The van der Waals surface area contributed by atoms with Crippen molar-refractivity contribution in [2.24, 2.45) is 5.41 Å². The molecule has 104 valence electrons. The Bertz CT molecular complexity index is 422. The van der Waals surface area contributed by atoms with Crippen LogP contribution >= 0.6 is 0 Å². The molecule has 0 aliphatic rings. The summed E-state index contributed by atoms with van der Waals surface area (Å²) >= 11 is 0. The van der Waals surface area contributed by atoms with E-state index < -0.39 is 5.54 Å². The molecule has 2 N–H and O–H groups in total. The molecule has 0 fully saturated rings. The maximum atomic E-state index is 9.70. The molecule has 1 atom stereocenters. The maximum Gasteiger partial charge on any atom is 0.0652 e. The van der Waals surface area contributed by atoms with Crippen LogP contribution in [0.3, 0.4) is 0 Å². The fraction of sp³-hybridized carbons (Fsp3) is 0.562. The third-order valence-electron chi connectivity index (χ3n) is 3.60. The van der Waals surface area contributed by atoms with Crippen LogP contribution in [0.1, 0.15) is 39.2 Å². The second kappa shape index (κ2) is 6.70. The zero-order chi connectivity index (χ0) is 14.4. The van der Waals surface area contributed by atoms with E-state index in [1.54, 1.807) is 0 Å². The highest BCUT2D eigenvalue weighted by Crippen LogP contribution is 2.25. The van der Waals surface area contributed by atoms with Crippen LogP contribution in [0.2, 0.25) is 0 Å². The highest BCUT2D eigenvalue weighted by molar-refractivity contribution is 5.23. The zero-order valence-corrected chi connectivity index (χ0v) is 12.1. The molecule has 0 aliphatic carbocycles. The lowest BCUT2D eigenvalue weighted by Gasteiger charge is -2.34. The van der Waals surface area contributed by atoms with Crippen molar-refractivity contribution in [3.8, 4) is 6.07 Å². The molecular weight excluding hydrogens is 236 g/mol. The van der Waals surface area contributed by atoms with Gasteiger partial charge in [-0.25, -0.2) is 0 Å². The van der Waals surface area contributed by atoms with Crippen LogP contribution < -0.4 is 5.32 Å². The van der Waals surface area contributed by atoms with Crippen LogP contribution in [-0.2, 0) is 5.54 Å². The van der Waals surface area contributed by atoms with E-state index in [1.165, 1.54) is 0 Å². The van der Waals surface area contributed by atoms with Gasteiger partial charge in [0.25, 0.3) is 0 Å². The fourth-order valence-electron chi connectivity index (χ4n) is 1.97. The molecule has 19 heavy (non-hydrogen) atoms. The molecular formula is C16H24N2O. The third kappa shape index (κ3) is 4.66. The minimum Gasteiger partial charge on any atom is -0.394 e. The number of aliphatic hydroxyl groups excluding tert-OH is 1. The van der Waals surface area contributed by atoms with E-state index in [4.69, 9.17) is 5.26 Å². The SMILES string of the molecule is CC(C)(CCC#N)CNC(C)(CO)c1ccccc1. The van der Waals surface area contributed by atoms with Crippen molar-refractivity contribution in [2.75, 3.05) is 13.2 Å². The molecule has 3 nitrogen and oxygen atoms in total. The lowest BCUT2D eigenvalue weighted by Crippen LogP contribution is -2.46. The van der Waals surface area contributed by atoms with E-state index in [1.807, 2.05) is 37.3 Å². The van der Waals surface area contributed by atoms with Crippen LogP contribution in [0.25, 0.3) is 0 Å². The zero-order valence-electron chi connectivity index (χ0n) is 12.1. The van der Waals surface area contributed by atoms with E-state index in [2.05, 4.69) is 25.2 Å². The monoisotopic (exact) mass is 260 g/mol. The molecule has 0 radical (unpaired) electrons. The summed E-state index contributed by atoms with van der Waals surface area (Å²) in [6.07, 6.45) is 1.42. The number of benzene rings is 1. The van der Waals surface area contributed by atoms with Gasteiger partial charge in [-0.05, 0) is 24.3 Å². The predicted octanol–water partition coefficient (Wildman–Crippen LogP) is 2.81. The molecule has 1 aromatic carbocycles. The predicted molar refractivity (Wildman–Crippen MR) is 77.5 cm³/mol. The highest BCUT2D eigenvalue weighted by Gasteiger charge is 2.28. The third-order valence-corrected chi connectivity index (χ3v) is 3.60. The molecule has 1 unspecified atom stereocenters. The number of hydrogen-bond acceptors (Lipinski definition) is 3.